The Bertz CT molecular complexity index is 1160. The molecule has 0 spiro atoms. The van der Waals surface area contributed by atoms with Crippen molar-refractivity contribution in [2.24, 2.45) is 5.92 Å². The van der Waals surface area contributed by atoms with Crippen molar-refractivity contribution >= 4 is 16.9 Å². The van der Waals surface area contributed by atoms with Gasteiger partial charge in [0.15, 0.2) is 11.5 Å². The van der Waals surface area contributed by atoms with Gasteiger partial charge >= 0.3 is 0 Å². The minimum atomic E-state index is 0.0984. The number of imidazole rings is 1. The van der Waals surface area contributed by atoms with Gasteiger partial charge in [-0.15, -0.1) is 0 Å². The van der Waals surface area contributed by atoms with Crippen LogP contribution in [-0.2, 0) is 24.3 Å². The lowest BCUT2D eigenvalue weighted by molar-refractivity contribution is -0.138. The number of methoxy groups -OCH3 is 2. The highest BCUT2D eigenvalue weighted by Crippen LogP contribution is 2.34. The van der Waals surface area contributed by atoms with Gasteiger partial charge < -0.3 is 19.4 Å². The lowest BCUT2D eigenvalue weighted by Crippen LogP contribution is -2.44. The third kappa shape index (κ3) is 4.42. The predicted molar refractivity (Wildman–Crippen MR) is 127 cm³/mol. The number of H-pyrrole nitrogens is 1. The quantitative estimate of drug-likeness (QED) is 0.645. The highest BCUT2D eigenvalue weighted by atomic mass is 16.5. The standard InChI is InChI=1S/C26H32N4O3/c1-17-4-5-21-22(12-17)28-25(27-21)16-29-9-6-18(7-10-29)26(31)30-11-8-19-13-23(32-2)24(33-3)14-20(19)15-30/h4-5,12-14,18H,6-11,15-16H2,1-3H3,(H,27,28). The highest BCUT2D eigenvalue weighted by Gasteiger charge is 2.31. The van der Waals surface area contributed by atoms with E-state index in [2.05, 4.69) is 35.0 Å². The number of aromatic amines is 1. The van der Waals surface area contributed by atoms with Crippen LogP contribution in [0.4, 0.5) is 0 Å². The van der Waals surface area contributed by atoms with Crippen LogP contribution in [0.15, 0.2) is 30.3 Å². The normalized spacial score (nSPS) is 17.2. The third-order valence-corrected chi connectivity index (χ3v) is 7.03. The molecule has 7 nitrogen and oxygen atoms in total. The maximum Gasteiger partial charge on any atom is 0.226 e. The third-order valence-electron chi connectivity index (χ3n) is 7.03. The number of carbonyl (C=O) groups is 1. The zero-order valence-corrected chi connectivity index (χ0v) is 19.7. The van der Waals surface area contributed by atoms with E-state index >= 15 is 0 Å². The summed E-state index contributed by atoms with van der Waals surface area (Å²) >= 11 is 0. The van der Waals surface area contributed by atoms with Crippen molar-refractivity contribution in [2.75, 3.05) is 33.9 Å². The van der Waals surface area contributed by atoms with E-state index in [0.717, 1.165) is 79.4 Å². The van der Waals surface area contributed by atoms with Gasteiger partial charge in [0, 0.05) is 19.0 Å². The molecule has 1 fully saturated rings. The second kappa shape index (κ2) is 9.06. The monoisotopic (exact) mass is 448 g/mol. The number of carbonyl (C=O) groups excluding carboxylic acids is 1. The van der Waals surface area contributed by atoms with Crippen LogP contribution in [0.5, 0.6) is 11.5 Å². The van der Waals surface area contributed by atoms with Gasteiger partial charge in [-0.25, -0.2) is 4.98 Å². The van der Waals surface area contributed by atoms with Crippen LogP contribution in [0.2, 0.25) is 0 Å². The largest absolute Gasteiger partial charge is 0.493 e. The van der Waals surface area contributed by atoms with Crippen molar-refractivity contribution in [1.29, 1.82) is 0 Å². The van der Waals surface area contributed by atoms with Crippen molar-refractivity contribution < 1.29 is 14.3 Å². The molecule has 0 bridgehead atoms. The number of aryl methyl sites for hydroxylation is 1. The molecule has 0 saturated carbocycles. The second-order valence-corrected chi connectivity index (χ2v) is 9.24. The summed E-state index contributed by atoms with van der Waals surface area (Å²) in [5, 5.41) is 0. The second-order valence-electron chi connectivity index (χ2n) is 9.24. The number of fused-ring (bicyclic) bond motifs is 2. The number of rotatable bonds is 5. The van der Waals surface area contributed by atoms with E-state index in [1.54, 1.807) is 14.2 Å². The average molecular weight is 449 g/mol. The maximum absolute atomic E-state index is 13.3. The van der Waals surface area contributed by atoms with Gasteiger partial charge in [-0.2, -0.15) is 0 Å². The summed E-state index contributed by atoms with van der Waals surface area (Å²) in [7, 11) is 3.31. The van der Waals surface area contributed by atoms with Crippen LogP contribution in [0, 0.1) is 12.8 Å². The number of nitrogens with zero attached hydrogens (tertiary/aromatic N) is 3. The first-order valence-corrected chi connectivity index (χ1v) is 11.7. The van der Waals surface area contributed by atoms with Gasteiger partial charge in [0.1, 0.15) is 5.82 Å². The Morgan fingerprint density at radius 1 is 1.06 bits per heavy atom. The summed E-state index contributed by atoms with van der Waals surface area (Å²) in [6.45, 7) is 6.14. The zero-order valence-electron chi connectivity index (χ0n) is 19.7. The number of amides is 1. The molecule has 2 aromatic carbocycles. The Morgan fingerprint density at radius 2 is 1.79 bits per heavy atom. The Hall–Kier alpha value is -3.06. The summed E-state index contributed by atoms with van der Waals surface area (Å²) in [5.41, 5.74) is 5.74. The van der Waals surface area contributed by atoms with Crippen molar-refractivity contribution in [2.45, 2.75) is 39.3 Å². The minimum Gasteiger partial charge on any atom is -0.493 e. The van der Waals surface area contributed by atoms with Crippen LogP contribution in [0.3, 0.4) is 0 Å². The van der Waals surface area contributed by atoms with Gasteiger partial charge in [-0.05, 0) is 80.2 Å². The molecule has 1 amide bonds. The fourth-order valence-corrected chi connectivity index (χ4v) is 5.13. The molecule has 0 unspecified atom stereocenters. The smallest absolute Gasteiger partial charge is 0.226 e. The number of hydrogen-bond donors (Lipinski definition) is 1. The minimum absolute atomic E-state index is 0.0984. The maximum atomic E-state index is 13.3. The Kier molecular flexibility index (Phi) is 5.98. The van der Waals surface area contributed by atoms with E-state index in [4.69, 9.17) is 14.5 Å². The fourth-order valence-electron chi connectivity index (χ4n) is 5.13. The predicted octanol–water partition coefficient (Wildman–Crippen LogP) is 3.69. The van der Waals surface area contributed by atoms with Gasteiger partial charge in [-0.1, -0.05) is 6.07 Å². The van der Waals surface area contributed by atoms with Gasteiger partial charge in [0.2, 0.25) is 5.91 Å². The van der Waals surface area contributed by atoms with Crippen LogP contribution >= 0.6 is 0 Å². The van der Waals surface area contributed by atoms with Crippen molar-refractivity contribution in [3.63, 3.8) is 0 Å². The van der Waals surface area contributed by atoms with Crippen LogP contribution < -0.4 is 9.47 Å². The zero-order chi connectivity index (χ0) is 22.9. The number of benzene rings is 2. The molecule has 2 aliphatic rings. The molecule has 0 aliphatic carbocycles. The van der Waals surface area contributed by atoms with Crippen molar-refractivity contribution in [1.82, 2.24) is 19.8 Å². The van der Waals surface area contributed by atoms with E-state index in [1.165, 1.54) is 11.1 Å². The molecule has 3 heterocycles. The number of piperidine rings is 1. The summed E-state index contributed by atoms with van der Waals surface area (Å²) in [6.07, 6.45) is 2.65. The SMILES string of the molecule is COc1cc2c(cc1OC)CN(C(=O)C1CCN(Cc3nc4ccc(C)cc4[nH]3)CC1)CC2. The summed E-state index contributed by atoms with van der Waals surface area (Å²) in [5.74, 6) is 2.86. The number of ether oxygens (including phenoxy) is 2. The molecule has 174 valence electrons. The van der Waals surface area contributed by atoms with E-state index in [-0.39, 0.29) is 11.8 Å². The molecule has 33 heavy (non-hydrogen) atoms. The van der Waals surface area contributed by atoms with Crippen LogP contribution in [0.25, 0.3) is 11.0 Å². The molecule has 7 heteroatoms. The Balaban J connectivity index is 1.18. The number of hydrogen-bond acceptors (Lipinski definition) is 5. The van der Waals surface area contributed by atoms with Crippen LogP contribution in [-0.4, -0.2) is 59.5 Å². The summed E-state index contributed by atoms with van der Waals surface area (Å²) in [4.78, 5) is 25.9. The summed E-state index contributed by atoms with van der Waals surface area (Å²) in [6, 6.07) is 10.4. The van der Waals surface area contributed by atoms with Crippen LogP contribution in [0.1, 0.15) is 35.4 Å². The lowest BCUT2D eigenvalue weighted by atomic mass is 9.92. The van der Waals surface area contributed by atoms with Crippen molar-refractivity contribution in [3.05, 3.63) is 52.8 Å². The highest BCUT2D eigenvalue weighted by molar-refractivity contribution is 5.79. The molecule has 1 N–H and O–H groups in total. The Morgan fingerprint density at radius 3 is 2.52 bits per heavy atom. The van der Waals surface area contributed by atoms with E-state index in [0.29, 0.717) is 6.54 Å². The molecular formula is C26H32N4O3. The number of likely N-dealkylation sites (tertiary alicyclic amines) is 1. The molecule has 1 saturated heterocycles. The Labute approximate surface area is 194 Å². The van der Waals surface area contributed by atoms with Crippen molar-refractivity contribution in [3.8, 4) is 11.5 Å². The topological polar surface area (TPSA) is 70.7 Å². The van der Waals surface area contributed by atoms with E-state index < -0.39 is 0 Å². The molecule has 1 aromatic heterocycles. The lowest BCUT2D eigenvalue weighted by Gasteiger charge is -2.36. The average Bonchev–Trinajstić information content (AvgIpc) is 3.24. The molecule has 2 aliphatic heterocycles. The molecule has 0 radical (unpaired) electrons. The first kappa shape index (κ1) is 21.8. The molecular weight excluding hydrogens is 416 g/mol. The number of nitrogens with one attached hydrogen (secondary N) is 1. The molecule has 0 atom stereocenters. The van der Waals surface area contributed by atoms with Gasteiger partial charge in [0.25, 0.3) is 0 Å². The van der Waals surface area contributed by atoms with E-state index in [1.807, 2.05) is 17.0 Å². The fraction of sp³-hybridized carbons (Fsp3) is 0.462. The summed E-state index contributed by atoms with van der Waals surface area (Å²) < 4.78 is 10.9. The molecule has 5 rings (SSSR count). The molecule has 3 aromatic rings. The van der Waals surface area contributed by atoms with E-state index in [9.17, 15) is 4.79 Å². The first-order chi connectivity index (χ1) is 16.0. The first-order valence-electron chi connectivity index (χ1n) is 11.7. The number of aromatic nitrogens is 2. The van der Waals surface area contributed by atoms with Gasteiger partial charge in [-0.3, -0.25) is 9.69 Å². The van der Waals surface area contributed by atoms with Gasteiger partial charge in [0.05, 0.1) is 31.8 Å².